The van der Waals surface area contributed by atoms with Gasteiger partial charge in [-0.25, -0.2) is 13.4 Å². The first-order valence-electron chi connectivity index (χ1n) is 9.01. The Morgan fingerprint density at radius 3 is 2.54 bits per heavy atom. The molecular weight excluding hydrogens is 344 g/mol. The molecule has 2 heterocycles. The third kappa shape index (κ3) is 2.54. The summed E-state index contributed by atoms with van der Waals surface area (Å²) in [4.78, 5) is 7.26. The molecule has 1 saturated heterocycles. The van der Waals surface area contributed by atoms with Crippen LogP contribution < -0.4 is 0 Å². The van der Waals surface area contributed by atoms with Gasteiger partial charge in [0.25, 0.3) is 0 Å². The fourth-order valence-corrected chi connectivity index (χ4v) is 6.00. The lowest BCUT2D eigenvalue weighted by Crippen LogP contribution is -2.21. The van der Waals surface area contributed by atoms with E-state index in [4.69, 9.17) is 0 Å². The molecule has 2 unspecified atom stereocenters. The summed E-state index contributed by atoms with van der Waals surface area (Å²) in [6, 6.07) is 17.5. The summed E-state index contributed by atoms with van der Waals surface area (Å²) in [6.07, 6.45) is 2.97. The van der Waals surface area contributed by atoms with Crippen molar-refractivity contribution in [1.29, 1.82) is 0 Å². The minimum absolute atomic E-state index is 0.280. The first kappa shape index (κ1) is 16.0. The van der Waals surface area contributed by atoms with E-state index in [1.807, 2.05) is 12.1 Å². The first-order chi connectivity index (χ1) is 12.6. The molecule has 5 heteroatoms. The molecule has 2 aromatic carbocycles. The van der Waals surface area contributed by atoms with E-state index in [0.29, 0.717) is 22.4 Å². The van der Waals surface area contributed by atoms with Crippen LogP contribution in [-0.2, 0) is 16.4 Å². The summed E-state index contributed by atoms with van der Waals surface area (Å²) < 4.78 is 25.6. The van der Waals surface area contributed by atoms with Crippen molar-refractivity contribution in [2.24, 2.45) is 16.8 Å². The number of para-hydroxylation sites is 1. The second-order valence-electron chi connectivity index (χ2n) is 7.39. The summed E-state index contributed by atoms with van der Waals surface area (Å²) in [5.74, 6) is 0.922. The summed E-state index contributed by atoms with van der Waals surface area (Å²) in [5.41, 5.74) is 2.82. The van der Waals surface area contributed by atoms with Gasteiger partial charge in [-0.1, -0.05) is 48.5 Å². The van der Waals surface area contributed by atoms with Crippen molar-refractivity contribution >= 4 is 20.6 Å². The van der Waals surface area contributed by atoms with E-state index in [1.54, 1.807) is 18.2 Å². The maximum absolute atomic E-state index is 12.8. The van der Waals surface area contributed by atoms with Crippen LogP contribution in [0.5, 0.6) is 0 Å². The molecule has 2 aliphatic heterocycles. The van der Waals surface area contributed by atoms with E-state index in [-0.39, 0.29) is 5.04 Å². The highest BCUT2D eigenvalue weighted by atomic mass is 32.2. The highest BCUT2D eigenvalue weighted by Crippen LogP contribution is 2.42. The molecule has 0 amide bonds. The van der Waals surface area contributed by atoms with Crippen LogP contribution in [-0.4, -0.2) is 31.5 Å². The van der Waals surface area contributed by atoms with Crippen molar-refractivity contribution in [3.05, 3.63) is 71.8 Å². The Labute approximate surface area is 153 Å². The van der Waals surface area contributed by atoms with Gasteiger partial charge < -0.3 is 0 Å². The van der Waals surface area contributed by atoms with Crippen LogP contribution in [0.4, 0.5) is 5.69 Å². The van der Waals surface area contributed by atoms with Crippen LogP contribution in [0.2, 0.25) is 0 Å². The third-order valence-electron chi connectivity index (χ3n) is 5.62. The van der Waals surface area contributed by atoms with E-state index >= 15 is 0 Å². The van der Waals surface area contributed by atoms with Crippen LogP contribution >= 0.6 is 0 Å². The Hall–Kier alpha value is -2.24. The van der Waals surface area contributed by atoms with Crippen molar-refractivity contribution < 1.29 is 8.42 Å². The average molecular weight is 364 g/mol. The molecule has 26 heavy (non-hydrogen) atoms. The van der Waals surface area contributed by atoms with E-state index in [9.17, 15) is 8.42 Å². The molecule has 1 fully saturated rings. The standard InChI is InChI=1S/C21H20N2O2S/c24-26(25)20-9-5-4-8-19(20)22-21(26)16-10-17-13-23(14-18(17)11-16)12-15-6-2-1-3-7-15/h1-10,17-18H,11-14H2. The molecule has 3 aliphatic rings. The number of likely N-dealkylation sites (tertiary alicyclic amines) is 1. The molecule has 132 valence electrons. The molecule has 2 aromatic rings. The number of nitrogens with zero attached hydrogens (tertiary/aromatic N) is 2. The number of fused-ring (bicyclic) bond motifs is 2. The van der Waals surface area contributed by atoms with Crippen LogP contribution in [0.15, 0.2) is 76.1 Å². The number of benzene rings is 2. The zero-order valence-electron chi connectivity index (χ0n) is 14.4. The lowest BCUT2D eigenvalue weighted by Gasteiger charge is -2.16. The highest BCUT2D eigenvalue weighted by molar-refractivity contribution is 8.07. The summed E-state index contributed by atoms with van der Waals surface area (Å²) in [7, 11) is -3.45. The van der Waals surface area contributed by atoms with Gasteiger partial charge >= 0.3 is 0 Å². The van der Waals surface area contributed by atoms with Gasteiger partial charge in [-0.3, -0.25) is 4.90 Å². The number of sulfone groups is 1. The molecule has 0 spiro atoms. The maximum atomic E-state index is 12.8. The number of hydrogen-bond acceptors (Lipinski definition) is 4. The molecule has 0 radical (unpaired) electrons. The topological polar surface area (TPSA) is 49.7 Å². The Bertz CT molecular complexity index is 1020. The fourth-order valence-electron chi connectivity index (χ4n) is 4.43. The monoisotopic (exact) mass is 364 g/mol. The van der Waals surface area contributed by atoms with Gasteiger partial charge in [0.2, 0.25) is 9.84 Å². The molecular formula is C21H20N2O2S. The van der Waals surface area contributed by atoms with E-state index in [2.05, 4.69) is 40.2 Å². The molecule has 0 bridgehead atoms. The van der Waals surface area contributed by atoms with Crippen molar-refractivity contribution in [3.63, 3.8) is 0 Å². The minimum atomic E-state index is -3.45. The predicted octanol–water partition coefficient (Wildman–Crippen LogP) is 3.58. The first-order valence-corrected chi connectivity index (χ1v) is 10.5. The van der Waals surface area contributed by atoms with Gasteiger partial charge in [-0.05, 0) is 41.5 Å². The van der Waals surface area contributed by atoms with Gasteiger partial charge in [-0.2, -0.15) is 0 Å². The number of aliphatic imine (C=N–C) groups is 1. The molecule has 0 saturated carbocycles. The summed E-state index contributed by atoms with van der Waals surface area (Å²) in [6.45, 7) is 2.96. The average Bonchev–Trinajstić information content (AvgIpc) is 3.26. The zero-order chi connectivity index (χ0) is 17.7. The third-order valence-corrected chi connectivity index (χ3v) is 7.41. The smallest absolute Gasteiger partial charge is 0.226 e. The SMILES string of the molecule is O=S1(=O)C(C2=CC3CN(Cc4ccccc4)CC3C2)=Nc2ccccc21. The van der Waals surface area contributed by atoms with Gasteiger partial charge in [-0.15, -0.1) is 0 Å². The van der Waals surface area contributed by atoms with Gasteiger partial charge in [0.05, 0.1) is 10.6 Å². The quantitative estimate of drug-likeness (QED) is 0.836. The maximum Gasteiger partial charge on any atom is 0.226 e. The van der Waals surface area contributed by atoms with E-state index < -0.39 is 9.84 Å². The van der Waals surface area contributed by atoms with Crippen molar-refractivity contribution in [1.82, 2.24) is 4.90 Å². The largest absolute Gasteiger partial charge is 0.298 e. The lowest BCUT2D eigenvalue weighted by atomic mass is 10.00. The molecule has 0 aromatic heterocycles. The molecule has 0 N–H and O–H groups in total. The van der Waals surface area contributed by atoms with Gasteiger partial charge in [0.15, 0.2) is 5.04 Å². The molecule has 4 nitrogen and oxygen atoms in total. The Morgan fingerprint density at radius 1 is 1.00 bits per heavy atom. The van der Waals surface area contributed by atoms with Gasteiger partial charge in [0.1, 0.15) is 0 Å². The van der Waals surface area contributed by atoms with Crippen molar-refractivity contribution in [3.8, 4) is 0 Å². The second kappa shape index (κ2) is 5.89. The lowest BCUT2D eigenvalue weighted by molar-refractivity contribution is 0.314. The van der Waals surface area contributed by atoms with E-state index in [1.165, 1.54) is 5.56 Å². The van der Waals surface area contributed by atoms with Crippen LogP contribution in [0.25, 0.3) is 0 Å². The zero-order valence-corrected chi connectivity index (χ0v) is 15.2. The molecule has 2 atom stereocenters. The molecule has 5 rings (SSSR count). The second-order valence-corrected chi connectivity index (χ2v) is 9.22. The predicted molar refractivity (Wildman–Crippen MR) is 102 cm³/mol. The Balaban J connectivity index is 1.35. The summed E-state index contributed by atoms with van der Waals surface area (Å²) in [5, 5.41) is 0.280. The van der Waals surface area contributed by atoms with Gasteiger partial charge in [0, 0.05) is 19.6 Å². The van der Waals surface area contributed by atoms with Crippen LogP contribution in [0.1, 0.15) is 12.0 Å². The van der Waals surface area contributed by atoms with Crippen LogP contribution in [0.3, 0.4) is 0 Å². The number of rotatable bonds is 3. The van der Waals surface area contributed by atoms with Crippen molar-refractivity contribution in [2.45, 2.75) is 17.9 Å². The fraction of sp³-hybridized carbons (Fsp3) is 0.286. The molecule has 1 aliphatic carbocycles. The minimum Gasteiger partial charge on any atom is -0.298 e. The van der Waals surface area contributed by atoms with Crippen LogP contribution in [0, 0.1) is 11.8 Å². The van der Waals surface area contributed by atoms with Crippen molar-refractivity contribution in [2.75, 3.05) is 13.1 Å². The van der Waals surface area contributed by atoms with E-state index in [0.717, 1.165) is 31.6 Å². The Morgan fingerprint density at radius 2 is 1.77 bits per heavy atom. The normalized spacial score (nSPS) is 26.3. The summed E-state index contributed by atoms with van der Waals surface area (Å²) >= 11 is 0. The highest BCUT2D eigenvalue weighted by Gasteiger charge is 2.41. The Kier molecular flexibility index (Phi) is 3.62. The number of hydrogen-bond donors (Lipinski definition) is 0.